The highest BCUT2D eigenvalue weighted by atomic mass is 35.5. The van der Waals surface area contributed by atoms with Gasteiger partial charge in [0.1, 0.15) is 6.54 Å². The van der Waals surface area contributed by atoms with Crippen molar-refractivity contribution in [3.8, 4) is 0 Å². The molecule has 5 nitrogen and oxygen atoms in total. The lowest BCUT2D eigenvalue weighted by Gasteiger charge is -2.29. The van der Waals surface area contributed by atoms with Crippen LogP contribution in [-0.2, 0) is 14.8 Å². The number of amides is 1. The average molecular weight is 457 g/mol. The quantitative estimate of drug-likeness (QED) is 0.608. The topological polar surface area (TPSA) is 66.5 Å². The lowest BCUT2D eigenvalue weighted by atomic mass is 9.93. The summed E-state index contributed by atoms with van der Waals surface area (Å²) in [5, 5.41) is 3.52. The summed E-state index contributed by atoms with van der Waals surface area (Å²) < 4.78 is 27.6. The molecule has 0 aliphatic carbocycles. The third-order valence-electron chi connectivity index (χ3n) is 4.52. The monoisotopic (exact) mass is 456 g/mol. The zero-order valence-corrected chi connectivity index (χ0v) is 19.2. The van der Waals surface area contributed by atoms with Crippen molar-refractivity contribution in [2.75, 3.05) is 10.8 Å². The highest BCUT2D eigenvalue weighted by Gasteiger charge is 2.29. The minimum Gasteiger partial charge on any atom is -0.351 e. The van der Waals surface area contributed by atoms with Crippen molar-refractivity contribution in [1.29, 1.82) is 0 Å². The largest absolute Gasteiger partial charge is 0.351 e. The Kier molecular flexibility index (Phi) is 7.97. The van der Waals surface area contributed by atoms with Gasteiger partial charge < -0.3 is 5.32 Å². The van der Waals surface area contributed by atoms with Gasteiger partial charge in [-0.1, -0.05) is 69.1 Å². The summed E-state index contributed by atoms with van der Waals surface area (Å²) in [7, 11) is -4.00. The van der Waals surface area contributed by atoms with Crippen molar-refractivity contribution >= 4 is 44.8 Å². The molecule has 0 saturated carbocycles. The number of rotatable bonds is 8. The van der Waals surface area contributed by atoms with Crippen LogP contribution in [0, 0.1) is 11.8 Å². The second kappa shape index (κ2) is 9.83. The van der Waals surface area contributed by atoms with Crippen molar-refractivity contribution in [2.24, 2.45) is 11.8 Å². The van der Waals surface area contributed by atoms with E-state index in [1.165, 1.54) is 30.3 Å². The van der Waals surface area contributed by atoms with Gasteiger partial charge >= 0.3 is 0 Å². The minimum absolute atomic E-state index is 0.0770. The van der Waals surface area contributed by atoms with E-state index in [0.29, 0.717) is 0 Å². The zero-order chi connectivity index (χ0) is 21.8. The summed E-state index contributed by atoms with van der Waals surface area (Å²) in [6.07, 6.45) is 0. The van der Waals surface area contributed by atoms with Crippen LogP contribution in [0.5, 0.6) is 0 Å². The molecule has 0 radical (unpaired) electrons. The first kappa shape index (κ1) is 23.5. The van der Waals surface area contributed by atoms with Gasteiger partial charge in [0.05, 0.1) is 10.6 Å². The summed E-state index contributed by atoms with van der Waals surface area (Å²) >= 11 is 12.2. The molecule has 0 fully saturated rings. The van der Waals surface area contributed by atoms with E-state index in [1.807, 2.05) is 27.7 Å². The molecule has 0 atom stereocenters. The first-order chi connectivity index (χ1) is 13.5. The normalized spacial score (nSPS) is 11.9. The van der Waals surface area contributed by atoms with Crippen molar-refractivity contribution in [1.82, 2.24) is 5.32 Å². The Labute approximate surface area is 183 Å². The molecular weight excluding hydrogens is 431 g/mol. The van der Waals surface area contributed by atoms with Crippen LogP contribution in [0.1, 0.15) is 27.7 Å². The number of carbonyl (C=O) groups excluding carboxylic acids is 1. The van der Waals surface area contributed by atoms with Crippen LogP contribution in [0.4, 0.5) is 5.69 Å². The first-order valence-electron chi connectivity index (χ1n) is 9.35. The van der Waals surface area contributed by atoms with Crippen molar-refractivity contribution in [3.05, 3.63) is 58.6 Å². The average Bonchev–Trinajstić information content (AvgIpc) is 2.63. The van der Waals surface area contributed by atoms with Gasteiger partial charge in [-0.25, -0.2) is 8.42 Å². The van der Waals surface area contributed by atoms with Crippen LogP contribution in [-0.4, -0.2) is 26.9 Å². The van der Waals surface area contributed by atoms with Crippen LogP contribution < -0.4 is 9.62 Å². The Morgan fingerprint density at radius 2 is 1.48 bits per heavy atom. The summed E-state index contributed by atoms with van der Waals surface area (Å²) in [4.78, 5) is 12.9. The molecule has 2 aromatic carbocycles. The van der Waals surface area contributed by atoms with E-state index in [1.54, 1.807) is 18.2 Å². The molecule has 2 rings (SSSR count). The smallest absolute Gasteiger partial charge is 0.264 e. The second-order valence-corrected chi connectivity index (χ2v) is 10.3. The second-order valence-electron chi connectivity index (χ2n) is 7.53. The first-order valence-corrected chi connectivity index (χ1v) is 11.5. The Morgan fingerprint density at radius 3 is 1.97 bits per heavy atom. The standard InChI is InChI=1S/C21H26Cl2N2O3S/c1-14(2)21(15(3)4)24-20(26)13-25(18-11-16(22)10-17(23)12-18)29(27,28)19-8-6-5-7-9-19/h5-12,14-15,21H,13H2,1-4H3,(H,24,26). The maximum atomic E-state index is 13.3. The van der Waals surface area contributed by atoms with Gasteiger partial charge in [-0.3, -0.25) is 9.10 Å². The number of sulfonamides is 1. The van der Waals surface area contributed by atoms with Gasteiger partial charge in [-0.05, 0) is 42.2 Å². The van der Waals surface area contributed by atoms with Gasteiger partial charge in [0.25, 0.3) is 10.0 Å². The van der Waals surface area contributed by atoms with Crippen LogP contribution in [0.2, 0.25) is 10.0 Å². The predicted molar refractivity (Wildman–Crippen MR) is 119 cm³/mol. The third kappa shape index (κ3) is 6.11. The van der Waals surface area contributed by atoms with Crippen LogP contribution >= 0.6 is 23.2 Å². The SMILES string of the molecule is CC(C)C(NC(=O)CN(c1cc(Cl)cc(Cl)c1)S(=O)(=O)c1ccccc1)C(C)C. The molecule has 0 aromatic heterocycles. The maximum absolute atomic E-state index is 13.3. The Bertz CT molecular complexity index is 919. The lowest BCUT2D eigenvalue weighted by molar-refractivity contribution is -0.121. The van der Waals surface area contributed by atoms with Gasteiger partial charge in [-0.15, -0.1) is 0 Å². The van der Waals surface area contributed by atoms with Crippen molar-refractivity contribution < 1.29 is 13.2 Å². The van der Waals surface area contributed by atoms with E-state index in [-0.39, 0.29) is 45.1 Å². The highest BCUT2D eigenvalue weighted by Crippen LogP contribution is 2.29. The fourth-order valence-electron chi connectivity index (χ4n) is 3.18. The van der Waals surface area contributed by atoms with Crippen molar-refractivity contribution in [2.45, 2.75) is 38.6 Å². The molecule has 1 amide bonds. The highest BCUT2D eigenvalue weighted by molar-refractivity contribution is 7.92. The molecule has 0 aliphatic heterocycles. The molecule has 2 aromatic rings. The van der Waals surface area contributed by atoms with Gasteiger partial charge in [0, 0.05) is 16.1 Å². The summed E-state index contributed by atoms with van der Waals surface area (Å²) in [6, 6.07) is 12.3. The number of carbonyl (C=O) groups is 1. The summed E-state index contributed by atoms with van der Waals surface area (Å²) in [6.45, 7) is 7.67. The number of benzene rings is 2. The molecule has 0 unspecified atom stereocenters. The molecule has 8 heteroatoms. The molecular formula is C21H26Cl2N2O3S. The van der Waals surface area contributed by atoms with E-state index in [2.05, 4.69) is 5.32 Å². The Hall–Kier alpha value is -1.76. The molecule has 158 valence electrons. The molecule has 0 saturated heterocycles. The van der Waals surface area contributed by atoms with E-state index in [9.17, 15) is 13.2 Å². The number of nitrogens with zero attached hydrogens (tertiary/aromatic N) is 1. The van der Waals surface area contributed by atoms with Crippen LogP contribution in [0.15, 0.2) is 53.4 Å². The van der Waals surface area contributed by atoms with Gasteiger partial charge in [-0.2, -0.15) is 0 Å². The van der Waals surface area contributed by atoms with Gasteiger partial charge in [0.15, 0.2) is 0 Å². The molecule has 1 N–H and O–H groups in total. The van der Waals surface area contributed by atoms with Gasteiger partial charge in [0.2, 0.25) is 5.91 Å². The molecule has 0 spiro atoms. The van der Waals surface area contributed by atoms with E-state index >= 15 is 0 Å². The molecule has 29 heavy (non-hydrogen) atoms. The van der Waals surface area contributed by atoms with E-state index in [4.69, 9.17) is 23.2 Å². The molecule has 0 bridgehead atoms. The summed E-state index contributed by atoms with van der Waals surface area (Å²) in [5.41, 5.74) is 0.229. The number of anilines is 1. The maximum Gasteiger partial charge on any atom is 0.264 e. The third-order valence-corrected chi connectivity index (χ3v) is 6.74. The van der Waals surface area contributed by atoms with Crippen LogP contribution in [0.3, 0.4) is 0 Å². The fourth-order valence-corrected chi connectivity index (χ4v) is 5.12. The zero-order valence-electron chi connectivity index (χ0n) is 16.9. The minimum atomic E-state index is -4.00. The molecule has 0 aliphatic rings. The number of nitrogens with one attached hydrogen (secondary N) is 1. The van der Waals surface area contributed by atoms with E-state index < -0.39 is 15.9 Å². The van der Waals surface area contributed by atoms with E-state index in [0.717, 1.165) is 4.31 Å². The van der Waals surface area contributed by atoms with Crippen LogP contribution in [0.25, 0.3) is 0 Å². The summed E-state index contributed by atoms with van der Waals surface area (Å²) in [5.74, 6) is 0.0190. The predicted octanol–water partition coefficient (Wildman–Crippen LogP) is 4.99. The Morgan fingerprint density at radius 1 is 0.966 bits per heavy atom. The van der Waals surface area contributed by atoms with Crippen molar-refractivity contribution in [3.63, 3.8) is 0 Å². The Balaban J connectivity index is 2.44. The fraction of sp³-hybridized carbons (Fsp3) is 0.381. The number of halogens is 2. The molecule has 0 heterocycles. The number of hydrogen-bond acceptors (Lipinski definition) is 3. The number of hydrogen-bond donors (Lipinski definition) is 1. The lowest BCUT2D eigenvalue weighted by Crippen LogP contribution is -2.47.